The van der Waals surface area contributed by atoms with E-state index in [1.165, 1.54) is 0 Å². The fourth-order valence-corrected chi connectivity index (χ4v) is 2.41. The maximum atomic E-state index is 11.8. The summed E-state index contributed by atoms with van der Waals surface area (Å²) in [6, 6.07) is 0. The van der Waals surface area contributed by atoms with Crippen molar-refractivity contribution in [3.63, 3.8) is 0 Å². The van der Waals surface area contributed by atoms with E-state index in [2.05, 4.69) is 0 Å². The molecule has 0 radical (unpaired) electrons. The number of alkyl halides is 3. The Morgan fingerprint density at radius 2 is 1.69 bits per heavy atom. The molecule has 1 saturated carbocycles. The fourth-order valence-electron chi connectivity index (χ4n) is 1.40. The van der Waals surface area contributed by atoms with Crippen molar-refractivity contribution in [2.75, 3.05) is 0 Å². The molecule has 1 aliphatic rings. The summed E-state index contributed by atoms with van der Waals surface area (Å²) >= 11 is 0.464. The molecule has 0 bridgehead atoms. The van der Waals surface area contributed by atoms with E-state index in [9.17, 15) is 18.0 Å². The predicted octanol–water partition coefficient (Wildman–Crippen LogP) is 3.14. The van der Waals surface area contributed by atoms with E-state index in [-0.39, 0.29) is 5.25 Å². The van der Waals surface area contributed by atoms with Gasteiger partial charge in [-0.1, -0.05) is 31.0 Å². The Morgan fingerprint density at radius 3 is 2.15 bits per heavy atom. The predicted molar refractivity (Wildman–Crippen MR) is 45.5 cm³/mol. The zero-order chi connectivity index (χ0) is 9.90. The van der Waals surface area contributed by atoms with Crippen molar-refractivity contribution < 1.29 is 18.0 Å². The molecule has 0 spiro atoms. The van der Waals surface area contributed by atoms with E-state index in [4.69, 9.17) is 0 Å². The van der Waals surface area contributed by atoms with Crippen molar-refractivity contribution in [1.82, 2.24) is 0 Å². The number of carbonyl (C=O) groups is 1. The first-order chi connectivity index (χ1) is 6.00. The average molecular weight is 212 g/mol. The highest BCUT2D eigenvalue weighted by Gasteiger charge is 2.40. The molecule has 5 heteroatoms. The van der Waals surface area contributed by atoms with Crippen LogP contribution in [0.25, 0.3) is 0 Å². The van der Waals surface area contributed by atoms with Gasteiger partial charge in [0.05, 0.1) is 0 Å². The van der Waals surface area contributed by atoms with Crippen molar-refractivity contribution in [1.29, 1.82) is 0 Å². The molecule has 0 atom stereocenters. The molecule has 0 saturated heterocycles. The fraction of sp³-hybridized carbons (Fsp3) is 0.875. The standard InChI is InChI=1S/C8H11F3OS/c9-8(10,11)7(12)13-6-4-2-1-3-5-6/h6H,1-5H2. The van der Waals surface area contributed by atoms with Crippen LogP contribution in [0.5, 0.6) is 0 Å². The second kappa shape index (κ2) is 4.35. The van der Waals surface area contributed by atoms with Gasteiger partial charge in [0.1, 0.15) is 0 Å². The second-order valence-corrected chi connectivity index (χ2v) is 4.44. The lowest BCUT2D eigenvalue weighted by molar-refractivity contribution is -0.160. The minimum absolute atomic E-state index is 0.108. The van der Waals surface area contributed by atoms with Crippen molar-refractivity contribution in [3.8, 4) is 0 Å². The molecule has 0 heterocycles. The smallest absolute Gasteiger partial charge is 0.277 e. The molecule has 0 unspecified atom stereocenters. The highest BCUT2D eigenvalue weighted by atomic mass is 32.2. The van der Waals surface area contributed by atoms with Crippen LogP contribution in [0.4, 0.5) is 13.2 Å². The first kappa shape index (κ1) is 10.9. The second-order valence-electron chi connectivity index (χ2n) is 3.16. The number of rotatable bonds is 1. The maximum absolute atomic E-state index is 11.8. The first-order valence-corrected chi connectivity index (χ1v) is 5.16. The van der Waals surface area contributed by atoms with Crippen molar-refractivity contribution in [2.45, 2.75) is 43.5 Å². The zero-order valence-corrected chi connectivity index (χ0v) is 7.88. The molecule has 1 aliphatic carbocycles. The van der Waals surface area contributed by atoms with Crippen LogP contribution in [0.15, 0.2) is 0 Å². The Balaban J connectivity index is 2.35. The van der Waals surface area contributed by atoms with Gasteiger partial charge in [-0.25, -0.2) is 0 Å². The summed E-state index contributed by atoms with van der Waals surface area (Å²) in [4.78, 5) is 10.6. The van der Waals surface area contributed by atoms with Crippen LogP contribution in [0.2, 0.25) is 0 Å². The number of halogens is 3. The van der Waals surface area contributed by atoms with E-state index in [0.717, 1.165) is 32.1 Å². The van der Waals surface area contributed by atoms with Crippen molar-refractivity contribution in [3.05, 3.63) is 0 Å². The summed E-state index contributed by atoms with van der Waals surface area (Å²) < 4.78 is 35.5. The van der Waals surface area contributed by atoms with Crippen LogP contribution in [0.3, 0.4) is 0 Å². The molecule has 0 aliphatic heterocycles. The molecule has 0 aromatic carbocycles. The van der Waals surface area contributed by atoms with E-state index in [0.29, 0.717) is 11.8 Å². The van der Waals surface area contributed by atoms with Crippen LogP contribution >= 0.6 is 11.8 Å². The van der Waals surface area contributed by atoms with Gasteiger partial charge in [0.15, 0.2) is 0 Å². The summed E-state index contributed by atoms with van der Waals surface area (Å²) in [5.41, 5.74) is 0. The molecule has 1 fully saturated rings. The lowest BCUT2D eigenvalue weighted by Crippen LogP contribution is -2.23. The van der Waals surface area contributed by atoms with Crippen LogP contribution in [-0.4, -0.2) is 16.5 Å². The largest absolute Gasteiger partial charge is 0.460 e. The normalized spacial score (nSPS) is 20.2. The lowest BCUT2D eigenvalue weighted by Gasteiger charge is -2.20. The van der Waals surface area contributed by atoms with Crippen LogP contribution in [0.1, 0.15) is 32.1 Å². The van der Waals surface area contributed by atoms with Crippen LogP contribution < -0.4 is 0 Å². The molecule has 0 amide bonds. The Labute approximate surface area is 79.1 Å². The van der Waals surface area contributed by atoms with Gasteiger partial charge >= 0.3 is 6.18 Å². The monoisotopic (exact) mass is 212 g/mol. The van der Waals surface area contributed by atoms with Gasteiger partial charge in [0, 0.05) is 5.25 Å². The van der Waals surface area contributed by atoms with Gasteiger partial charge in [0.25, 0.3) is 5.12 Å². The molecule has 0 aromatic rings. The van der Waals surface area contributed by atoms with Gasteiger partial charge in [-0.15, -0.1) is 0 Å². The van der Waals surface area contributed by atoms with E-state index in [1.54, 1.807) is 0 Å². The van der Waals surface area contributed by atoms with Crippen LogP contribution in [-0.2, 0) is 4.79 Å². The molecule has 1 rings (SSSR count). The minimum Gasteiger partial charge on any atom is -0.277 e. The third kappa shape index (κ3) is 3.58. The van der Waals surface area contributed by atoms with E-state index in [1.807, 2.05) is 0 Å². The van der Waals surface area contributed by atoms with Crippen LogP contribution in [0, 0.1) is 0 Å². The number of carbonyl (C=O) groups excluding carboxylic acids is 1. The zero-order valence-electron chi connectivity index (χ0n) is 7.06. The lowest BCUT2D eigenvalue weighted by atomic mass is 10.0. The SMILES string of the molecule is O=C(SC1CCCCC1)C(F)(F)F. The summed E-state index contributed by atoms with van der Waals surface area (Å²) in [6.45, 7) is 0. The molecular weight excluding hydrogens is 201 g/mol. The molecule has 1 nitrogen and oxygen atoms in total. The Morgan fingerprint density at radius 1 is 1.15 bits per heavy atom. The van der Waals surface area contributed by atoms with Gasteiger partial charge in [0.2, 0.25) is 0 Å². The molecule has 0 aromatic heterocycles. The number of thioether (sulfide) groups is 1. The highest BCUT2D eigenvalue weighted by molar-refractivity contribution is 8.14. The summed E-state index contributed by atoms with van der Waals surface area (Å²) in [7, 11) is 0. The topological polar surface area (TPSA) is 17.1 Å². The minimum atomic E-state index is -4.66. The molecule has 13 heavy (non-hydrogen) atoms. The van der Waals surface area contributed by atoms with Gasteiger partial charge in [-0.2, -0.15) is 13.2 Å². The third-order valence-electron chi connectivity index (χ3n) is 2.06. The van der Waals surface area contributed by atoms with E-state index >= 15 is 0 Å². The summed E-state index contributed by atoms with van der Waals surface area (Å²) in [6.07, 6.45) is -0.204. The Kier molecular flexibility index (Phi) is 3.64. The number of hydrogen-bond acceptors (Lipinski definition) is 2. The van der Waals surface area contributed by atoms with Crippen molar-refractivity contribution in [2.24, 2.45) is 0 Å². The summed E-state index contributed by atoms with van der Waals surface area (Å²) in [5, 5.41) is -1.75. The first-order valence-electron chi connectivity index (χ1n) is 4.28. The Bertz CT molecular complexity index is 184. The Hall–Kier alpha value is -0.190. The van der Waals surface area contributed by atoms with E-state index < -0.39 is 11.3 Å². The van der Waals surface area contributed by atoms with Gasteiger partial charge < -0.3 is 0 Å². The highest BCUT2D eigenvalue weighted by Crippen LogP contribution is 2.33. The molecule has 76 valence electrons. The average Bonchev–Trinajstić information content (AvgIpc) is 2.04. The molecule has 0 N–H and O–H groups in total. The maximum Gasteiger partial charge on any atom is 0.460 e. The quantitative estimate of drug-likeness (QED) is 0.664. The third-order valence-corrected chi connectivity index (χ3v) is 3.31. The summed E-state index contributed by atoms with van der Waals surface area (Å²) in [5.74, 6) is 0. The molecular formula is C8H11F3OS. The van der Waals surface area contributed by atoms with Gasteiger partial charge in [-0.3, -0.25) is 4.79 Å². The van der Waals surface area contributed by atoms with Crippen molar-refractivity contribution >= 4 is 16.9 Å². The number of hydrogen-bond donors (Lipinski definition) is 0. The van der Waals surface area contributed by atoms with Gasteiger partial charge in [-0.05, 0) is 12.8 Å².